The predicted octanol–water partition coefficient (Wildman–Crippen LogP) is 6.85. The highest BCUT2D eigenvalue weighted by atomic mass is 32.1. The quantitative estimate of drug-likeness (QED) is 0.461. The normalized spacial score (nSPS) is 13.8. The molecule has 0 amide bonds. The Hall–Kier alpha value is -2.20. The summed E-state index contributed by atoms with van der Waals surface area (Å²) in [4.78, 5) is 0.682. The van der Waals surface area contributed by atoms with Crippen LogP contribution in [0.15, 0.2) is 48.5 Å². The third-order valence-corrected chi connectivity index (χ3v) is 5.55. The van der Waals surface area contributed by atoms with Gasteiger partial charge in [-0.25, -0.2) is 8.78 Å². The topological polar surface area (TPSA) is 9.23 Å². The minimum atomic E-state index is -0.806. The van der Waals surface area contributed by atoms with E-state index >= 15 is 0 Å². The van der Waals surface area contributed by atoms with E-state index in [1.54, 1.807) is 18.2 Å². The second kappa shape index (κ2) is 7.20. The van der Waals surface area contributed by atoms with Gasteiger partial charge >= 0.3 is 0 Å². The maximum atomic E-state index is 14.7. The molecule has 4 rings (SSSR count). The first-order valence-corrected chi connectivity index (χ1v) is 9.81. The van der Waals surface area contributed by atoms with Crippen molar-refractivity contribution < 1.29 is 13.5 Å². The fraction of sp³-hybridized carbons (Fsp3) is 0.273. The van der Waals surface area contributed by atoms with Crippen LogP contribution in [0.2, 0.25) is 0 Å². The van der Waals surface area contributed by atoms with Crippen molar-refractivity contribution in [2.45, 2.75) is 38.7 Å². The average molecular weight is 370 g/mol. The van der Waals surface area contributed by atoms with E-state index in [0.717, 1.165) is 30.7 Å². The molecule has 26 heavy (non-hydrogen) atoms. The molecule has 0 bridgehead atoms. The molecule has 134 valence electrons. The van der Waals surface area contributed by atoms with Crippen molar-refractivity contribution in [3.05, 3.63) is 65.7 Å². The third kappa shape index (κ3) is 3.51. The van der Waals surface area contributed by atoms with Crippen molar-refractivity contribution in [1.82, 2.24) is 0 Å². The Morgan fingerprint density at radius 2 is 1.62 bits per heavy atom. The molecule has 0 radical (unpaired) electrons. The van der Waals surface area contributed by atoms with Gasteiger partial charge in [-0.2, -0.15) is 0 Å². The number of ether oxygens (including phenoxy) is 1. The van der Waals surface area contributed by atoms with Gasteiger partial charge in [-0.3, -0.25) is 0 Å². The van der Waals surface area contributed by atoms with Crippen LogP contribution in [0.4, 0.5) is 8.78 Å². The van der Waals surface area contributed by atoms with Crippen molar-refractivity contribution in [3.63, 3.8) is 0 Å². The number of aryl methyl sites for hydroxylation is 1. The lowest BCUT2D eigenvalue weighted by molar-refractivity contribution is 0.312. The third-order valence-electron chi connectivity index (χ3n) is 4.54. The van der Waals surface area contributed by atoms with Crippen LogP contribution in [-0.2, 0) is 6.42 Å². The van der Waals surface area contributed by atoms with Crippen molar-refractivity contribution in [2.24, 2.45) is 0 Å². The van der Waals surface area contributed by atoms with Crippen LogP contribution in [0.5, 0.6) is 5.06 Å². The lowest BCUT2D eigenvalue weighted by Crippen LogP contribution is -1.93. The summed E-state index contributed by atoms with van der Waals surface area (Å²) in [6, 6.07) is 14.6. The lowest BCUT2D eigenvalue weighted by Gasteiger charge is -2.09. The van der Waals surface area contributed by atoms with E-state index in [2.05, 4.69) is 6.92 Å². The van der Waals surface area contributed by atoms with E-state index < -0.39 is 11.6 Å². The van der Waals surface area contributed by atoms with Gasteiger partial charge in [0.05, 0.1) is 6.10 Å². The SMILES string of the molecule is CCCc1ccc(-c2ccc(-c3ccc(OC4CC4)s3)c(F)c2F)cc1. The molecule has 1 nitrogen and oxygen atoms in total. The van der Waals surface area contributed by atoms with E-state index in [4.69, 9.17) is 4.74 Å². The molecule has 0 aliphatic heterocycles. The summed E-state index contributed by atoms with van der Waals surface area (Å²) in [6.45, 7) is 2.12. The zero-order valence-electron chi connectivity index (χ0n) is 14.6. The Labute approximate surface area is 156 Å². The molecule has 1 fully saturated rings. The van der Waals surface area contributed by atoms with Crippen LogP contribution in [0.25, 0.3) is 21.6 Å². The molecular weight excluding hydrogens is 350 g/mol. The Bertz CT molecular complexity index is 910. The first kappa shape index (κ1) is 17.2. The van der Waals surface area contributed by atoms with Gasteiger partial charge in [0.2, 0.25) is 0 Å². The van der Waals surface area contributed by atoms with Gasteiger partial charge in [-0.1, -0.05) is 55.0 Å². The number of thiophene rings is 1. The number of rotatable bonds is 6. The smallest absolute Gasteiger partial charge is 0.174 e. The largest absolute Gasteiger partial charge is 0.481 e. The Balaban J connectivity index is 1.62. The second-order valence-electron chi connectivity index (χ2n) is 6.67. The van der Waals surface area contributed by atoms with Crippen molar-refractivity contribution in [3.8, 4) is 26.6 Å². The molecule has 2 aromatic carbocycles. The van der Waals surface area contributed by atoms with E-state index in [9.17, 15) is 8.78 Å². The molecular formula is C22H20F2OS. The van der Waals surface area contributed by atoms with Gasteiger partial charge in [-0.05, 0) is 48.6 Å². The monoisotopic (exact) mass is 370 g/mol. The minimum absolute atomic E-state index is 0.282. The molecule has 0 unspecified atom stereocenters. The number of benzene rings is 2. The van der Waals surface area contributed by atoms with E-state index in [0.29, 0.717) is 22.1 Å². The van der Waals surface area contributed by atoms with Crippen LogP contribution in [0, 0.1) is 11.6 Å². The van der Waals surface area contributed by atoms with Crippen LogP contribution in [-0.4, -0.2) is 6.10 Å². The number of hydrogen-bond donors (Lipinski definition) is 0. The summed E-state index contributed by atoms with van der Waals surface area (Å²) in [5.74, 6) is -1.61. The van der Waals surface area contributed by atoms with E-state index in [1.165, 1.54) is 16.9 Å². The minimum Gasteiger partial charge on any atom is -0.481 e. The standard InChI is InChI=1S/C22H20F2OS/c1-2-3-14-4-6-15(7-5-14)17-10-11-18(22(24)21(17)23)19-12-13-20(26-19)25-16-8-9-16/h4-7,10-13,16H,2-3,8-9H2,1H3. The highest BCUT2D eigenvalue weighted by Gasteiger charge is 2.24. The van der Waals surface area contributed by atoms with Gasteiger partial charge in [0.15, 0.2) is 16.7 Å². The summed E-state index contributed by atoms with van der Waals surface area (Å²) < 4.78 is 35.1. The molecule has 1 aromatic heterocycles. The molecule has 1 heterocycles. The maximum Gasteiger partial charge on any atom is 0.174 e. The molecule has 1 aliphatic rings. The Kier molecular flexibility index (Phi) is 4.77. The van der Waals surface area contributed by atoms with Crippen LogP contribution >= 0.6 is 11.3 Å². The second-order valence-corrected chi connectivity index (χ2v) is 7.72. The fourth-order valence-electron chi connectivity index (χ4n) is 2.98. The Morgan fingerprint density at radius 3 is 2.31 bits per heavy atom. The first-order valence-electron chi connectivity index (χ1n) is 9.00. The van der Waals surface area contributed by atoms with Gasteiger partial charge in [-0.15, -0.1) is 0 Å². The molecule has 0 saturated heterocycles. The van der Waals surface area contributed by atoms with Crippen molar-refractivity contribution in [2.75, 3.05) is 0 Å². The lowest BCUT2D eigenvalue weighted by atomic mass is 10.00. The van der Waals surface area contributed by atoms with E-state index in [-0.39, 0.29) is 5.56 Å². The summed E-state index contributed by atoms with van der Waals surface area (Å²) in [6.07, 6.45) is 4.48. The molecule has 1 saturated carbocycles. The van der Waals surface area contributed by atoms with Gasteiger partial charge in [0.1, 0.15) is 0 Å². The molecule has 4 heteroatoms. The summed E-state index contributed by atoms with van der Waals surface area (Å²) in [5.41, 5.74) is 2.47. The highest BCUT2D eigenvalue weighted by Crippen LogP contribution is 2.39. The maximum absolute atomic E-state index is 14.7. The molecule has 0 spiro atoms. The molecule has 1 aliphatic carbocycles. The summed E-state index contributed by atoms with van der Waals surface area (Å²) in [5, 5.41) is 0.762. The van der Waals surface area contributed by atoms with Gasteiger partial charge in [0, 0.05) is 16.0 Å². The molecule has 3 aromatic rings. The Morgan fingerprint density at radius 1 is 0.923 bits per heavy atom. The fourth-order valence-corrected chi connectivity index (χ4v) is 3.92. The van der Waals surface area contributed by atoms with Crippen LogP contribution < -0.4 is 4.74 Å². The van der Waals surface area contributed by atoms with Crippen molar-refractivity contribution in [1.29, 1.82) is 0 Å². The summed E-state index contributed by atoms with van der Waals surface area (Å²) >= 11 is 1.36. The molecule has 0 N–H and O–H groups in total. The predicted molar refractivity (Wildman–Crippen MR) is 103 cm³/mol. The van der Waals surface area contributed by atoms with Gasteiger partial charge in [0.25, 0.3) is 0 Å². The average Bonchev–Trinajstić information content (AvgIpc) is 3.34. The number of halogens is 2. The van der Waals surface area contributed by atoms with E-state index in [1.807, 2.05) is 30.3 Å². The zero-order valence-corrected chi connectivity index (χ0v) is 15.4. The summed E-state index contributed by atoms with van der Waals surface area (Å²) in [7, 11) is 0. The van der Waals surface area contributed by atoms with Crippen LogP contribution in [0.1, 0.15) is 31.7 Å². The number of hydrogen-bond acceptors (Lipinski definition) is 2. The highest BCUT2D eigenvalue weighted by molar-refractivity contribution is 7.17. The first-order chi connectivity index (χ1) is 12.7. The zero-order chi connectivity index (χ0) is 18.1. The molecule has 0 atom stereocenters. The van der Waals surface area contributed by atoms with Crippen LogP contribution in [0.3, 0.4) is 0 Å². The van der Waals surface area contributed by atoms with Gasteiger partial charge < -0.3 is 4.74 Å². The van der Waals surface area contributed by atoms with Crippen molar-refractivity contribution >= 4 is 11.3 Å².